The maximum Gasteiger partial charge on any atom is 0.338 e. The number of carbonyl (C=O) groups excluding carboxylic acids is 2. The van der Waals surface area contributed by atoms with E-state index < -0.39 is 21.9 Å². The third kappa shape index (κ3) is 3.44. The lowest BCUT2D eigenvalue weighted by molar-refractivity contribution is -0.152. The first-order valence-electron chi connectivity index (χ1n) is 9.72. The van der Waals surface area contributed by atoms with Gasteiger partial charge in [0.05, 0.1) is 10.5 Å². The Labute approximate surface area is 160 Å². The standard InChI is InChI=1S/C21H26O5S/c1-13(26-20(23)17-4-3-5-18(9-17)27(2,24)25)19(22)21-10-14-6-15(11-21)8-16(7-14)12-21/h3-5,9,13-16H,6-8,10-12H2,1-2H3/t13-,14?,15?,16?,21?/m1/s1. The molecule has 5 nitrogen and oxygen atoms in total. The number of hydrogen-bond donors (Lipinski definition) is 0. The number of rotatable bonds is 5. The van der Waals surface area contributed by atoms with Crippen molar-refractivity contribution in [3.05, 3.63) is 29.8 Å². The Kier molecular flexibility index (Phi) is 4.45. The van der Waals surface area contributed by atoms with Gasteiger partial charge in [0, 0.05) is 11.7 Å². The topological polar surface area (TPSA) is 77.5 Å². The van der Waals surface area contributed by atoms with Crippen molar-refractivity contribution in [3.8, 4) is 0 Å². The van der Waals surface area contributed by atoms with Gasteiger partial charge in [0.25, 0.3) is 0 Å². The Morgan fingerprint density at radius 2 is 1.63 bits per heavy atom. The Morgan fingerprint density at radius 3 is 2.15 bits per heavy atom. The van der Waals surface area contributed by atoms with E-state index in [-0.39, 0.29) is 21.7 Å². The Balaban J connectivity index is 1.48. The maximum absolute atomic E-state index is 13.2. The lowest BCUT2D eigenvalue weighted by Crippen LogP contribution is -2.52. The molecule has 0 saturated heterocycles. The summed E-state index contributed by atoms with van der Waals surface area (Å²) < 4.78 is 28.9. The molecule has 4 saturated carbocycles. The number of Topliss-reactive ketones (excluding diaryl/α,β-unsaturated/α-hetero) is 1. The van der Waals surface area contributed by atoms with Gasteiger partial charge in [-0.05, 0) is 81.4 Å². The van der Waals surface area contributed by atoms with Gasteiger partial charge in [0.15, 0.2) is 21.7 Å². The van der Waals surface area contributed by atoms with Crippen LogP contribution in [0, 0.1) is 23.2 Å². The van der Waals surface area contributed by atoms with E-state index in [1.54, 1.807) is 6.92 Å². The molecule has 146 valence electrons. The summed E-state index contributed by atoms with van der Waals surface area (Å²) in [6.45, 7) is 1.65. The zero-order valence-corrected chi connectivity index (χ0v) is 16.6. The van der Waals surface area contributed by atoms with E-state index in [4.69, 9.17) is 4.74 Å². The smallest absolute Gasteiger partial charge is 0.338 e. The molecule has 4 aliphatic rings. The van der Waals surface area contributed by atoms with E-state index >= 15 is 0 Å². The largest absolute Gasteiger partial charge is 0.451 e. The molecule has 0 N–H and O–H groups in total. The van der Waals surface area contributed by atoms with Gasteiger partial charge in [0.1, 0.15) is 0 Å². The Hall–Kier alpha value is -1.69. The maximum atomic E-state index is 13.2. The van der Waals surface area contributed by atoms with Crippen LogP contribution in [-0.2, 0) is 19.4 Å². The van der Waals surface area contributed by atoms with Crippen molar-refractivity contribution in [2.24, 2.45) is 23.2 Å². The van der Waals surface area contributed by atoms with Gasteiger partial charge in [-0.2, -0.15) is 0 Å². The third-order valence-electron chi connectivity index (χ3n) is 6.71. The molecule has 5 rings (SSSR count). The molecule has 0 radical (unpaired) electrons. The molecule has 0 heterocycles. The van der Waals surface area contributed by atoms with Crippen LogP contribution in [0.2, 0.25) is 0 Å². The van der Waals surface area contributed by atoms with Crippen LogP contribution in [0.15, 0.2) is 29.2 Å². The van der Waals surface area contributed by atoms with E-state index in [2.05, 4.69) is 0 Å². The molecule has 1 atom stereocenters. The first kappa shape index (κ1) is 18.7. The molecule has 1 aromatic carbocycles. The van der Waals surface area contributed by atoms with Crippen LogP contribution in [0.25, 0.3) is 0 Å². The monoisotopic (exact) mass is 390 g/mol. The van der Waals surface area contributed by atoms with Crippen molar-refractivity contribution in [2.45, 2.75) is 56.4 Å². The highest BCUT2D eigenvalue weighted by atomic mass is 32.2. The van der Waals surface area contributed by atoms with Crippen molar-refractivity contribution in [1.29, 1.82) is 0 Å². The summed E-state index contributed by atoms with van der Waals surface area (Å²) in [5.74, 6) is 1.35. The van der Waals surface area contributed by atoms with Gasteiger partial charge >= 0.3 is 5.97 Å². The molecule has 1 aromatic rings. The average molecular weight is 391 g/mol. The SMILES string of the molecule is C[C@@H](OC(=O)c1cccc(S(C)(=O)=O)c1)C(=O)C12CC3CC(CC(C3)C1)C2. The van der Waals surface area contributed by atoms with E-state index in [1.165, 1.54) is 43.5 Å². The van der Waals surface area contributed by atoms with Gasteiger partial charge in [-0.3, -0.25) is 4.79 Å². The lowest BCUT2D eigenvalue weighted by atomic mass is 9.48. The van der Waals surface area contributed by atoms with Crippen molar-refractivity contribution in [3.63, 3.8) is 0 Å². The lowest BCUT2D eigenvalue weighted by Gasteiger charge is -2.56. The van der Waals surface area contributed by atoms with Gasteiger partial charge in [-0.25, -0.2) is 13.2 Å². The number of hydrogen-bond acceptors (Lipinski definition) is 5. The number of esters is 1. The zero-order chi connectivity index (χ0) is 19.4. The first-order chi connectivity index (χ1) is 12.7. The van der Waals surface area contributed by atoms with Crippen LogP contribution in [0.5, 0.6) is 0 Å². The summed E-state index contributed by atoms with van der Waals surface area (Å²) in [5.41, 5.74) is -0.161. The Morgan fingerprint density at radius 1 is 1.07 bits per heavy atom. The number of ether oxygens (including phenoxy) is 1. The van der Waals surface area contributed by atoms with Crippen LogP contribution < -0.4 is 0 Å². The molecule has 0 amide bonds. The molecular weight excluding hydrogens is 364 g/mol. The number of benzene rings is 1. The first-order valence-corrected chi connectivity index (χ1v) is 11.6. The summed E-state index contributed by atoms with van der Waals surface area (Å²) in [6.07, 6.45) is 6.83. The van der Waals surface area contributed by atoms with E-state index in [1.807, 2.05) is 0 Å². The predicted molar refractivity (Wildman–Crippen MR) is 100 cm³/mol. The minimum atomic E-state index is -3.41. The highest BCUT2D eigenvalue weighted by molar-refractivity contribution is 7.90. The molecule has 4 fully saturated rings. The normalized spacial score (nSPS) is 32.9. The molecule has 0 aromatic heterocycles. The summed E-state index contributed by atoms with van der Waals surface area (Å²) in [5, 5.41) is 0. The van der Waals surface area contributed by atoms with E-state index in [0.29, 0.717) is 17.8 Å². The fourth-order valence-electron chi connectivity index (χ4n) is 5.98. The van der Waals surface area contributed by atoms with Crippen LogP contribution in [0.3, 0.4) is 0 Å². The van der Waals surface area contributed by atoms with Crippen LogP contribution in [0.1, 0.15) is 55.8 Å². The molecule has 4 aliphatic carbocycles. The summed E-state index contributed by atoms with van der Waals surface area (Å²) in [6, 6.07) is 5.77. The van der Waals surface area contributed by atoms with E-state index in [0.717, 1.165) is 25.5 Å². The minimum Gasteiger partial charge on any atom is -0.451 e. The van der Waals surface area contributed by atoms with Crippen LogP contribution >= 0.6 is 0 Å². The van der Waals surface area contributed by atoms with Gasteiger partial charge in [-0.1, -0.05) is 6.07 Å². The predicted octanol–water partition coefficient (Wildman–Crippen LogP) is 3.42. The third-order valence-corrected chi connectivity index (χ3v) is 7.82. The van der Waals surface area contributed by atoms with Gasteiger partial charge in [0.2, 0.25) is 0 Å². The molecule has 4 bridgehead atoms. The highest BCUT2D eigenvalue weighted by Gasteiger charge is 2.55. The quantitative estimate of drug-likeness (QED) is 0.720. The minimum absolute atomic E-state index is 0.0502. The summed E-state index contributed by atoms with van der Waals surface area (Å²) in [4.78, 5) is 25.8. The molecule has 0 aliphatic heterocycles. The van der Waals surface area contributed by atoms with Crippen molar-refractivity contribution in [1.82, 2.24) is 0 Å². The molecule has 6 heteroatoms. The number of ketones is 1. The van der Waals surface area contributed by atoms with E-state index in [9.17, 15) is 18.0 Å². The highest BCUT2D eigenvalue weighted by Crippen LogP contribution is 2.60. The van der Waals surface area contributed by atoms with Gasteiger partial charge < -0.3 is 4.74 Å². The molecule has 27 heavy (non-hydrogen) atoms. The fourth-order valence-corrected chi connectivity index (χ4v) is 6.65. The molecular formula is C21H26O5S. The second kappa shape index (κ2) is 6.43. The zero-order valence-electron chi connectivity index (χ0n) is 15.8. The van der Waals surface area contributed by atoms with Crippen molar-refractivity contribution in [2.75, 3.05) is 6.26 Å². The fraction of sp³-hybridized carbons (Fsp3) is 0.619. The average Bonchev–Trinajstić information content (AvgIpc) is 2.59. The molecule has 0 unspecified atom stereocenters. The summed E-state index contributed by atoms with van der Waals surface area (Å²) >= 11 is 0. The Bertz CT molecular complexity index is 850. The van der Waals surface area contributed by atoms with Crippen LogP contribution in [0.4, 0.5) is 0 Å². The molecule has 0 spiro atoms. The van der Waals surface area contributed by atoms with Crippen LogP contribution in [-0.4, -0.2) is 32.5 Å². The second-order valence-corrected chi connectivity index (χ2v) is 10.9. The number of carbonyl (C=O) groups is 2. The number of sulfone groups is 1. The van der Waals surface area contributed by atoms with Gasteiger partial charge in [-0.15, -0.1) is 0 Å². The van der Waals surface area contributed by atoms with Crippen molar-refractivity contribution >= 4 is 21.6 Å². The second-order valence-electron chi connectivity index (χ2n) is 8.91. The van der Waals surface area contributed by atoms with Crippen molar-refractivity contribution < 1.29 is 22.7 Å². The summed E-state index contributed by atoms with van der Waals surface area (Å²) in [7, 11) is -3.41.